The molecule has 4 rings (SSSR count). The number of nitrogen functional groups attached to an aromatic ring is 1. The van der Waals surface area contributed by atoms with E-state index in [1.54, 1.807) is 33.2 Å². The van der Waals surface area contributed by atoms with Crippen LogP contribution in [0.4, 0.5) is 5.82 Å². The molecule has 30 heavy (non-hydrogen) atoms. The van der Waals surface area contributed by atoms with Crippen LogP contribution in [-0.2, 0) is 6.54 Å². The molecule has 12 nitrogen and oxygen atoms in total. The number of imidazole rings is 1. The molecule has 5 N–H and O–H groups in total. The molecule has 154 valence electrons. The summed E-state index contributed by atoms with van der Waals surface area (Å²) in [5.74, 6) is 1.44. The molecular formula is C18H20N10O2. The standard InChI is InChI=1S/C18H20N10O2/c1-8(24-18(29)14-10(5-20-3)15(19)23-7-22-14)13-4-11(28-30-13)16-26-12-6-21-9(2)25-17(12)27-16/h4,6-8,20H,5H2,1-3H3,(H,24,29)(H2,19,22,23)(H,21,25,26,27). The van der Waals surface area contributed by atoms with E-state index in [2.05, 4.69) is 45.7 Å². The first kappa shape index (κ1) is 19.4. The van der Waals surface area contributed by atoms with Gasteiger partial charge in [0.05, 0.1) is 12.2 Å². The number of rotatable bonds is 6. The molecule has 1 atom stereocenters. The number of aromatic amines is 1. The molecule has 0 aliphatic heterocycles. The summed E-state index contributed by atoms with van der Waals surface area (Å²) in [4.78, 5) is 36.7. The van der Waals surface area contributed by atoms with Crippen molar-refractivity contribution in [2.24, 2.45) is 0 Å². The van der Waals surface area contributed by atoms with Crippen LogP contribution >= 0.6 is 0 Å². The summed E-state index contributed by atoms with van der Waals surface area (Å²) in [6.07, 6.45) is 2.92. The number of carbonyl (C=O) groups is 1. The fraction of sp³-hybridized carbons (Fsp3) is 0.278. The third-order valence-corrected chi connectivity index (χ3v) is 4.45. The monoisotopic (exact) mass is 408 g/mol. The predicted molar refractivity (Wildman–Crippen MR) is 107 cm³/mol. The zero-order valence-electron chi connectivity index (χ0n) is 16.6. The Kier molecular flexibility index (Phi) is 5.06. The largest absolute Gasteiger partial charge is 0.383 e. The van der Waals surface area contributed by atoms with Crippen LogP contribution in [0.5, 0.6) is 0 Å². The second-order valence-electron chi connectivity index (χ2n) is 6.67. The van der Waals surface area contributed by atoms with Crippen LogP contribution in [0.15, 0.2) is 23.1 Å². The van der Waals surface area contributed by atoms with Crippen molar-refractivity contribution in [1.29, 1.82) is 0 Å². The zero-order chi connectivity index (χ0) is 21.3. The van der Waals surface area contributed by atoms with Crippen molar-refractivity contribution in [3.05, 3.63) is 41.4 Å². The first-order chi connectivity index (χ1) is 14.5. The lowest BCUT2D eigenvalue weighted by Crippen LogP contribution is -2.29. The predicted octanol–water partition coefficient (Wildman–Crippen LogP) is 0.899. The third kappa shape index (κ3) is 3.67. The topological polar surface area (TPSA) is 173 Å². The third-order valence-electron chi connectivity index (χ3n) is 4.45. The average Bonchev–Trinajstić information content (AvgIpc) is 3.36. The van der Waals surface area contributed by atoms with Gasteiger partial charge in [-0.1, -0.05) is 5.16 Å². The molecule has 0 aliphatic carbocycles. The van der Waals surface area contributed by atoms with Gasteiger partial charge in [-0.05, 0) is 20.9 Å². The number of fused-ring (bicyclic) bond motifs is 1. The Bertz CT molecular complexity index is 1210. The molecule has 0 saturated carbocycles. The molecular weight excluding hydrogens is 388 g/mol. The van der Waals surface area contributed by atoms with E-state index in [0.29, 0.717) is 46.4 Å². The first-order valence-electron chi connectivity index (χ1n) is 9.17. The number of nitrogens with two attached hydrogens (primary N) is 1. The lowest BCUT2D eigenvalue weighted by Gasteiger charge is -2.13. The van der Waals surface area contributed by atoms with Gasteiger partial charge in [0.25, 0.3) is 5.91 Å². The Labute approximate surface area is 170 Å². The van der Waals surface area contributed by atoms with Crippen molar-refractivity contribution in [1.82, 2.24) is 45.7 Å². The highest BCUT2D eigenvalue weighted by molar-refractivity contribution is 5.94. The molecule has 4 aromatic heterocycles. The van der Waals surface area contributed by atoms with Gasteiger partial charge in [-0.15, -0.1) is 0 Å². The number of aryl methyl sites for hydroxylation is 1. The smallest absolute Gasteiger partial charge is 0.271 e. The maximum atomic E-state index is 12.7. The fourth-order valence-corrected chi connectivity index (χ4v) is 2.93. The van der Waals surface area contributed by atoms with Crippen LogP contribution in [0.3, 0.4) is 0 Å². The van der Waals surface area contributed by atoms with E-state index < -0.39 is 11.9 Å². The minimum atomic E-state index is -0.469. The highest BCUT2D eigenvalue weighted by Gasteiger charge is 2.21. The van der Waals surface area contributed by atoms with Crippen LogP contribution in [0, 0.1) is 6.92 Å². The van der Waals surface area contributed by atoms with E-state index in [4.69, 9.17) is 10.3 Å². The average molecular weight is 408 g/mol. The molecule has 0 aliphatic rings. The molecule has 0 radical (unpaired) electrons. The van der Waals surface area contributed by atoms with E-state index in [1.807, 2.05) is 0 Å². The number of aromatic nitrogens is 7. The molecule has 4 aromatic rings. The number of anilines is 1. The van der Waals surface area contributed by atoms with Gasteiger partial charge < -0.3 is 25.9 Å². The van der Waals surface area contributed by atoms with E-state index in [0.717, 1.165) is 0 Å². The van der Waals surface area contributed by atoms with Gasteiger partial charge in [0, 0.05) is 18.2 Å². The molecule has 4 heterocycles. The maximum Gasteiger partial charge on any atom is 0.271 e. The number of hydrogen-bond donors (Lipinski definition) is 4. The molecule has 1 unspecified atom stereocenters. The molecule has 1 amide bonds. The summed E-state index contributed by atoms with van der Waals surface area (Å²) in [5, 5.41) is 9.83. The van der Waals surface area contributed by atoms with Gasteiger partial charge >= 0.3 is 0 Å². The minimum absolute atomic E-state index is 0.203. The lowest BCUT2D eigenvalue weighted by molar-refractivity contribution is 0.0927. The van der Waals surface area contributed by atoms with E-state index in [1.165, 1.54) is 6.33 Å². The van der Waals surface area contributed by atoms with Crippen LogP contribution in [0.2, 0.25) is 0 Å². The van der Waals surface area contributed by atoms with Gasteiger partial charge in [-0.3, -0.25) is 4.79 Å². The number of nitrogens with one attached hydrogen (secondary N) is 3. The quantitative estimate of drug-likeness (QED) is 0.359. The summed E-state index contributed by atoms with van der Waals surface area (Å²) in [6, 6.07) is 1.23. The minimum Gasteiger partial charge on any atom is -0.383 e. The van der Waals surface area contributed by atoms with Gasteiger partial charge in [-0.25, -0.2) is 24.9 Å². The molecule has 0 aromatic carbocycles. The molecule has 0 fully saturated rings. The van der Waals surface area contributed by atoms with E-state index in [-0.39, 0.29) is 11.5 Å². The first-order valence-corrected chi connectivity index (χ1v) is 9.17. The van der Waals surface area contributed by atoms with Gasteiger partial charge in [0.2, 0.25) is 0 Å². The Morgan fingerprint density at radius 2 is 2.13 bits per heavy atom. The van der Waals surface area contributed by atoms with Crippen molar-refractivity contribution >= 4 is 22.9 Å². The second kappa shape index (κ2) is 7.83. The van der Waals surface area contributed by atoms with Crippen molar-refractivity contribution in [2.75, 3.05) is 12.8 Å². The number of hydrogen-bond acceptors (Lipinski definition) is 10. The van der Waals surface area contributed by atoms with E-state index >= 15 is 0 Å². The van der Waals surface area contributed by atoms with Crippen molar-refractivity contribution in [3.8, 4) is 11.5 Å². The highest BCUT2D eigenvalue weighted by atomic mass is 16.5. The van der Waals surface area contributed by atoms with Crippen LogP contribution < -0.4 is 16.4 Å². The normalized spacial score (nSPS) is 12.2. The van der Waals surface area contributed by atoms with Crippen molar-refractivity contribution < 1.29 is 9.32 Å². The van der Waals surface area contributed by atoms with Crippen LogP contribution in [-0.4, -0.2) is 48.0 Å². The summed E-state index contributed by atoms with van der Waals surface area (Å²) in [7, 11) is 1.75. The Morgan fingerprint density at radius 1 is 1.30 bits per heavy atom. The summed E-state index contributed by atoms with van der Waals surface area (Å²) in [6.45, 7) is 3.93. The number of amides is 1. The van der Waals surface area contributed by atoms with Crippen LogP contribution in [0.25, 0.3) is 22.7 Å². The molecule has 0 spiro atoms. The maximum absolute atomic E-state index is 12.7. The lowest BCUT2D eigenvalue weighted by atomic mass is 10.1. The highest BCUT2D eigenvalue weighted by Crippen LogP contribution is 2.23. The SMILES string of the molecule is CNCc1c(N)ncnc1C(=O)NC(C)c1cc(-c2nc3nc(C)ncc3[nH]2)no1. The van der Waals surface area contributed by atoms with Crippen molar-refractivity contribution in [3.63, 3.8) is 0 Å². The van der Waals surface area contributed by atoms with Crippen LogP contribution in [0.1, 0.15) is 40.6 Å². The summed E-state index contributed by atoms with van der Waals surface area (Å²) < 4.78 is 5.41. The van der Waals surface area contributed by atoms with E-state index in [9.17, 15) is 4.79 Å². The van der Waals surface area contributed by atoms with Gasteiger partial charge in [0.15, 0.2) is 17.2 Å². The number of carbonyl (C=O) groups excluding carboxylic acids is 1. The number of H-pyrrole nitrogens is 1. The second-order valence-corrected chi connectivity index (χ2v) is 6.67. The number of nitrogens with zero attached hydrogens (tertiary/aromatic N) is 6. The van der Waals surface area contributed by atoms with Gasteiger partial charge in [0.1, 0.15) is 34.9 Å². The van der Waals surface area contributed by atoms with Crippen molar-refractivity contribution in [2.45, 2.75) is 26.4 Å². The Hall–Kier alpha value is -3.93. The zero-order valence-corrected chi connectivity index (χ0v) is 16.6. The molecule has 0 saturated heterocycles. The Balaban J connectivity index is 1.53. The molecule has 0 bridgehead atoms. The Morgan fingerprint density at radius 3 is 2.93 bits per heavy atom. The van der Waals surface area contributed by atoms with Gasteiger partial charge in [-0.2, -0.15) is 0 Å². The summed E-state index contributed by atoms with van der Waals surface area (Å²) in [5.41, 5.74) is 8.34. The summed E-state index contributed by atoms with van der Waals surface area (Å²) >= 11 is 0. The molecule has 12 heteroatoms. The fourth-order valence-electron chi connectivity index (χ4n) is 2.93.